The van der Waals surface area contributed by atoms with Crippen molar-refractivity contribution in [1.82, 2.24) is 19.9 Å². The summed E-state index contributed by atoms with van der Waals surface area (Å²) in [5, 5.41) is 13.8. The van der Waals surface area contributed by atoms with Gasteiger partial charge in [0.25, 0.3) is 0 Å². The number of halogens is 2. The highest BCUT2D eigenvalue weighted by atomic mass is 32.2. The Morgan fingerprint density at radius 2 is 1.55 bits per heavy atom. The number of anilines is 3. The third kappa shape index (κ3) is 5.42. The molecular formula is C18H18F2N6O2S. The maximum absolute atomic E-state index is 13.6. The minimum absolute atomic E-state index is 0.106. The monoisotopic (exact) mass is 420 g/mol. The van der Waals surface area contributed by atoms with Crippen LogP contribution < -0.4 is 15.4 Å². The van der Waals surface area contributed by atoms with Gasteiger partial charge in [0.2, 0.25) is 10.0 Å². The minimum atomic E-state index is -4.31. The summed E-state index contributed by atoms with van der Waals surface area (Å²) in [5.74, 6) is -0.781. The van der Waals surface area contributed by atoms with Gasteiger partial charge in [-0.3, -0.25) is 0 Å². The summed E-state index contributed by atoms with van der Waals surface area (Å²) < 4.78 is 53.5. The van der Waals surface area contributed by atoms with E-state index < -0.39 is 26.6 Å². The Hall–Kier alpha value is -3.18. The number of aryl methyl sites for hydroxylation is 1. The van der Waals surface area contributed by atoms with E-state index in [2.05, 4.69) is 30.5 Å². The van der Waals surface area contributed by atoms with Gasteiger partial charge in [-0.25, -0.2) is 26.9 Å². The molecule has 0 spiro atoms. The molecule has 2 heterocycles. The molecule has 0 amide bonds. The van der Waals surface area contributed by atoms with Crippen LogP contribution in [-0.4, -0.2) is 36.7 Å². The molecule has 0 unspecified atom stereocenters. The van der Waals surface area contributed by atoms with Crippen LogP contribution in [0.25, 0.3) is 0 Å². The van der Waals surface area contributed by atoms with E-state index in [1.165, 1.54) is 0 Å². The van der Waals surface area contributed by atoms with Crippen LogP contribution in [0.4, 0.5) is 26.2 Å². The zero-order chi connectivity index (χ0) is 20.9. The summed E-state index contributed by atoms with van der Waals surface area (Å²) in [4.78, 5) is 3.20. The third-order valence-electron chi connectivity index (χ3n) is 3.74. The second-order valence-corrected chi connectivity index (χ2v) is 7.73. The summed E-state index contributed by atoms with van der Waals surface area (Å²) in [5.41, 5.74) is 1.04. The molecule has 0 aliphatic rings. The average molecular weight is 420 g/mol. The van der Waals surface area contributed by atoms with E-state index in [0.29, 0.717) is 17.5 Å². The molecule has 0 saturated heterocycles. The number of nitrogens with one attached hydrogen (secondary N) is 3. The number of pyridine rings is 1. The molecular weight excluding hydrogens is 402 g/mol. The first-order chi connectivity index (χ1) is 13.8. The molecule has 0 fully saturated rings. The minimum Gasteiger partial charge on any atom is -0.367 e. The Morgan fingerprint density at radius 3 is 2.17 bits per heavy atom. The van der Waals surface area contributed by atoms with Gasteiger partial charge in [0.15, 0.2) is 10.7 Å². The van der Waals surface area contributed by atoms with Crippen LogP contribution in [-0.2, 0) is 10.0 Å². The predicted molar refractivity (Wildman–Crippen MR) is 104 cm³/mol. The normalized spacial score (nSPS) is 11.3. The maximum atomic E-state index is 13.6. The number of rotatable bonds is 8. The highest BCUT2D eigenvalue weighted by Gasteiger charge is 2.23. The number of hydrogen-bond donors (Lipinski definition) is 3. The first-order valence-corrected chi connectivity index (χ1v) is 10.0. The molecule has 152 valence electrons. The fourth-order valence-corrected chi connectivity index (χ4v) is 3.52. The second kappa shape index (κ2) is 8.88. The Morgan fingerprint density at radius 1 is 0.897 bits per heavy atom. The van der Waals surface area contributed by atoms with E-state index in [4.69, 9.17) is 0 Å². The van der Waals surface area contributed by atoms with Crippen LogP contribution in [0.15, 0.2) is 53.6 Å². The van der Waals surface area contributed by atoms with Crippen molar-refractivity contribution < 1.29 is 17.2 Å². The van der Waals surface area contributed by atoms with Crippen molar-refractivity contribution in [3.05, 3.63) is 65.9 Å². The van der Waals surface area contributed by atoms with Gasteiger partial charge in [-0.2, -0.15) is 0 Å². The lowest BCUT2D eigenvalue weighted by atomic mass is 10.3. The zero-order valence-electron chi connectivity index (χ0n) is 15.4. The molecule has 0 aliphatic carbocycles. The lowest BCUT2D eigenvalue weighted by Gasteiger charge is -2.10. The van der Waals surface area contributed by atoms with Crippen molar-refractivity contribution in [2.45, 2.75) is 11.8 Å². The largest absolute Gasteiger partial charge is 0.367 e. The predicted octanol–water partition coefficient (Wildman–Crippen LogP) is 2.59. The summed E-state index contributed by atoms with van der Waals surface area (Å²) in [6.07, 6.45) is 1.72. The van der Waals surface area contributed by atoms with E-state index >= 15 is 0 Å². The van der Waals surface area contributed by atoms with Crippen molar-refractivity contribution in [3.63, 3.8) is 0 Å². The van der Waals surface area contributed by atoms with Crippen LogP contribution >= 0.6 is 0 Å². The average Bonchev–Trinajstić information content (AvgIpc) is 2.68. The van der Waals surface area contributed by atoms with Gasteiger partial charge in [-0.1, -0.05) is 12.1 Å². The molecule has 0 atom stereocenters. The molecule has 0 aliphatic heterocycles. The maximum Gasteiger partial charge on any atom is 0.246 e. The highest BCUT2D eigenvalue weighted by Crippen LogP contribution is 2.17. The molecule has 8 nitrogen and oxygen atoms in total. The quantitative estimate of drug-likeness (QED) is 0.481. The Kier molecular flexibility index (Phi) is 6.29. The van der Waals surface area contributed by atoms with Gasteiger partial charge < -0.3 is 10.6 Å². The van der Waals surface area contributed by atoms with Crippen molar-refractivity contribution in [3.8, 4) is 0 Å². The van der Waals surface area contributed by atoms with Crippen LogP contribution in [0.5, 0.6) is 0 Å². The van der Waals surface area contributed by atoms with E-state index in [-0.39, 0.29) is 13.1 Å². The first-order valence-electron chi connectivity index (χ1n) is 8.56. The van der Waals surface area contributed by atoms with Crippen LogP contribution in [0, 0.1) is 18.6 Å². The van der Waals surface area contributed by atoms with Crippen molar-refractivity contribution >= 4 is 27.5 Å². The fourth-order valence-electron chi connectivity index (χ4n) is 2.35. The van der Waals surface area contributed by atoms with Crippen LogP contribution in [0.2, 0.25) is 0 Å². The Labute approximate surface area is 166 Å². The molecule has 0 radical (unpaired) electrons. The highest BCUT2D eigenvalue weighted by molar-refractivity contribution is 7.89. The molecule has 0 saturated carbocycles. The smallest absolute Gasteiger partial charge is 0.246 e. The lowest BCUT2D eigenvalue weighted by molar-refractivity contribution is 0.514. The summed E-state index contributed by atoms with van der Waals surface area (Å²) in [6, 6.07) is 9.91. The summed E-state index contributed by atoms with van der Waals surface area (Å²) in [7, 11) is -4.31. The molecule has 2 aromatic heterocycles. The molecule has 29 heavy (non-hydrogen) atoms. The molecule has 3 N–H and O–H groups in total. The van der Waals surface area contributed by atoms with Crippen molar-refractivity contribution in [2.75, 3.05) is 23.7 Å². The molecule has 11 heteroatoms. The van der Waals surface area contributed by atoms with Gasteiger partial charge in [-0.15, -0.1) is 10.2 Å². The lowest BCUT2D eigenvalue weighted by Crippen LogP contribution is -2.30. The van der Waals surface area contributed by atoms with Gasteiger partial charge in [0.05, 0.1) is 0 Å². The molecule has 1 aromatic carbocycles. The van der Waals surface area contributed by atoms with Gasteiger partial charge in [-0.05, 0) is 42.8 Å². The Bertz CT molecular complexity index is 1060. The third-order valence-corrected chi connectivity index (χ3v) is 5.25. The second-order valence-electron chi connectivity index (χ2n) is 6.02. The van der Waals surface area contributed by atoms with Crippen molar-refractivity contribution in [2.24, 2.45) is 0 Å². The molecule has 3 aromatic rings. The van der Waals surface area contributed by atoms with Gasteiger partial charge >= 0.3 is 0 Å². The van der Waals surface area contributed by atoms with Crippen molar-refractivity contribution in [1.29, 1.82) is 0 Å². The van der Waals surface area contributed by atoms with E-state index in [0.717, 1.165) is 23.8 Å². The zero-order valence-corrected chi connectivity index (χ0v) is 16.2. The van der Waals surface area contributed by atoms with Crippen LogP contribution in [0.3, 0.4) is 0 Å². The number of hydrogen-bond acceptors (Lipinski definition) is 7. The number of aromatic nitrogens is 3. The molecule has 3 rings (SSSR count). The fraction of sp³-hybridized carbons (Fsp3) is 0.167. The summed E-state index contributed by atoms with van der Waals surface area (Å²) in [6.45, 7) is 1.96. The van der Waals surface area contributed by atoms with E-state index in [1.807, 2.05) is 19.1 Å². The first kappa shape index (κ1) is 20.6. The van der Waals surface area contributed by atoms with Crippen LogP contribution in [0.1, 0.15) is 5.56 Å². The number of sulfonamides is 1. The SMILES string of the molecule is Cc1ccc(Nc2ccc(NCCNS(=O)(=O)c3c(F)cccc3F)nn2)nc1. The Balaban J connectivity index is 1.51. The molecule has 0 bridgehead atoms. The number of benzene rings is 1. The van der Waals surface area contributed by atoms with Gasteiger partial charge in [0.1, 0.15) is 23.3 Å². The van der Waals surface area contributed by atoms with Gasteiger partial charge in [0, 0.05) is 19.3 Å². The topological polar surface area (TPSA) is 109 Å². The standard InChI is InChI=1S/C18H18F2N6O2S/c1-12-5-6-15(22-11-12)24-17-8-7-16(25-26-17)21-9-10-23-29(27,28)18-13(19)3-2-4-14(18)20/h2-8,11,23H,9-10H2,1H3,(H,21,25)(H,22,24,26). The van der Waals surface area contributed by atoms with E-state index in [1.54, 1.807) is 18.3 Å². The van der Waals surface area contributed by atoms with E-state index in [9.17, 15) is 17.2 Å². The number of nitrogens with zero attached hydrogens (tertiary/aromatic N) is 3. The summed E-state index contributed by atoms with van der Waals surface area (Å²) >= 11 is 0.